The molecule has 33 heavy (non-hydrogen) atoms. The van der Waals surface area contributed by atoms with Gasteiger partial charge in [-0.1, -0.05) is 59.8 Å². The average molecular weight is 484 g/mol. The molecular formula is C25H30ClN5OS. The second kappa shape index (κ2) is 11.0. The lowest BCUT2D eigenvalue weighted by Gasteiger charge is -2.33. The third-order valence-electron chi connectivity index (χ3n) is 6.25. The van der Waals surface area contributed by atoms with E-state index in [1.165, 1.54) is 18.4 Å². The topological polar surface area (TPSA) is 46.4 Å². The van der Waals surface area contributed by atoms with Crippen LogP contribution in [0.25, 0.3) is 5.69 Å². The maximum absolute atomic E-state index is 6.38. The molecule has 3 heterocycles. The summed E-state index contributed by atoms with van der Waals surface area (Å²) in [6.07, 6.45) is 2.68. The molecule has 0 aliphatic carbocycles. The van der Waals surface area contributed by atoms with Gasteiger partial charge >= 0.3 is 0 Å². The molecule has 2 aromatic carbocycles. The van der Waals surface area contributed by atoms with Crippen molar-refractivity contribution in [3.63, 3.8) is 0 Å². The van der Waals surface area contributed by atoms with Crippen molar-refractivity contribution in [3.05, 3.63) is 71.0 Å². The van der Waals surface area contributed by atoms with Crippen molar-refractivity contribution in [2.24, 2.45) is 0 Å². The molecular weight excluding hydrogens is 454 g/mol. The fraction of sp³-hybridized carbons (Fsp3) is 0.440. The summed E-state index contributed by atoms with van der Waals surface area (Å²) in [5, 5.41) is 10.9. The van der Waals surface area contributed by atoms with Crippen molar-refractivity contribution in [3.8, 4) is 5.69 Å². The molecule has 2 fully saturated rings. The zero-order valence-electron chi connectivity index (χ0n) is 18.8. The van der Waals surface area contributed by atoms with Crippen LogP contribution in [0.5, 0.6) is 0 Å². The normalized spacial score (nSPS) is 19.8. The van der Waals surface area contributed by atoms with Crippen molar-refractivity contribution in [1.29, 1.82) is 0 Å². The Kier molecular flexibility index (Phi) is 7.64. The molecule has 1 aromatic heterocycles. The lowest BCUT2D eigenvalue weighted by molar-refractivity contribution is -0.0187. The van der Waals surface area contributed by atoms with Gasteiger partial charge in [0, 0.05) is 36.1 Å². The molecule has 0 spiro atoms. The van der Waals surface area contributed by atoms with E-state index in [9.17, 15) is 0 Å². The fourth-order valence-corrected chi connectivity index (χ4v) is 5.70. The molecule has 0 radical (unpaired) electrons. The Bertz CT molecular complexity index is 1040. The van der Waals surface area contributed by atoms with Crippen LogP contribution in [-0.4, -0.2) is 69.2 Å². The Labute approximate surface area is 204 Å². The van der Waals surface area contributed by atoms with Gasteiger partial charge in [0.25, 0.3) is 0 Å². The number of ether oxygens (including phenoxy) is 1. The Balaban J connectivity index is 1.26. The summed E-state index contributed by atoms with van der Waals surface area (Å²) in [6.45, 7) is 6.52. The largest absolute Gasteiger partial charge is 0.375 e. The third kappa shape index (κ3) is 5.78. The number of para-hydroxylation sites is 1. The van der Waals surface area contributed by atoms with E-state index in [0.717, 1.165) is 73.3 Å². The van der Waals surface area contributed by atoms with E-state index < -0.39 is 0 Å². The molecule has 2 saturated heterocycles. The van der Waals surface area contributed by atoms with E-state index in [-0.39, 0.29) is 6.10 Å². The number of hydrogen-bond acceptors (Lipinski definition) is 6. The first-order valence-corrected chi connectivity index (χ1v) is 13.0. The number of nitrogens with zero attached hydrogens (tertiary/aromatic N) is 5. The van der Waals surface area contributed by atoms with Crippen molar-refractivity contribution in [2.45, 2.75) is 37.2 Å². The molecule has 2 aliphatic rings. The Morgan fingerprint density at radius 2 is 1.70 bits per heavy atom. The molecule has 0 N–H and O–H groups in total. The standard InChI is InChI=1S/C25H30ClN5OS/c26-23-11-5-4-8-20(23)16-30-14-15-32-22(17-30)19-33-25-28-27-24(18-29-12-6-7-13-29)31(25)21-9-2-1-3-10-21/h1-5,8-11,22H,6-7,12-19H2. The van der Waals surface area contributed by atoms with Crippen molar-refractivity contribution >= 4 is 23.4 Å². The zero-order chi connectivity index (χ0) is 22.5. The molecule has 0 bridgehead atoms. The van der Waals surface area contributed by atoms with E-state index in [0.29, 0.717) is 0 Å². The minimum Gasteiger partial charge on any atom is -0.375 e. The van der Waals surface area contributed by atoms with E-state index >= 15 is 0 Å². The highest BCUT2D eigenvalue weighted by molar-refractivity contribution is 7.99. The van der Waals surface area contributed by atoms with Gasteiger partial charge in [-0.25, -0.2) is 0 Å². The van der Waals surface area contributed by atoms with Gasteiger partial charge in [-0.2, -0.15) is 0 Å². The second-order valence-corrected chi connectivity index (χ2v) is 10.1. The highest BCUT2D eigenvalue weighted by Crippen LogP contribution is 2.26. The molecule has 6 nitrogen and oxygen atoms in total. The summed E-state index contributed by atoms with van der Waals surface area (Å²) < 4.78 is 8.31. The summed E-state index contributed by atoms with van der Waals surface area (Å²) in [7, 11) is 0. The van der Waals surface area contributed by atoms with Gasteiger partial charge in [-0.05, 0) is 49.7 Å². The first-order valence-electron chi connectivity index (χ1n) is 11.7. The summed E-state index contributed by atoms with van der Waals surface area (Å²) in [6, 6.07) is 18.5. The van der Waals surface area contributed by atoms with E-state index in [4.69, 9.17) is 16.3 Å². The van der Waals surface area contributed by atoms with Crippen LogP contribution in [0.1, 0.15) is 24.2 Å². The van der Waals surface area contributed by atoms with Gasteiger partial charge in [0.05, 0.1) is 19.3 Å². The van der Waals surface area contributed by atoms with Crippen LogP contribution in [0.2, 0.25) is 5.02 Å². The van der Waals surface area contributed by atoms with Gasteiger partial charge in [0.1, 0.15) is 0 Å². The van der Waals surface area contributed by atoms with Crippen LogP contribution in [0.15, 0.2) is 59.8 Å². The molecule has 3 aromatic rings. The van der Waals surface area contributed by atoms with Crippen molar-refractivity contribution < 1.29 is 4.74 Å². The number of aromatic nitrogens is 3. The number of thioether (sulfide) groups is 1. The minimum atomic E-state index is 0.147. The Hall–Kier alpha value is -1.90. The summed E-state index contributed by atoms with van der Waals surface area (Å²) in [4.78, 5) is 4.89. The van der Waals surface area contributed by atoms with Gasteiger partial charge in [-0.3, -0.25) is 14.4 Å². The first-order chi connectivity index (χ1) is 16.3. The molecule has 1 atom stereocenters. The summed E-state index contributed by atoms with van der Waals surface area (Å²) >= 11 is 8.11. The Morgan fingerprint density at radius 3 is 2.52 bits per heavy atom. The highest BCUT2D eigenvalue weighted by atomic mass is 35.5. The van der Waals surface area contributed by atoms with E-state index in [2.05, 4.69) is 54.9 Å². The lowest BCUT2D eigenvalue weighted by Crippen LogP contribution is -2.43. The van der Waals surface area contributed by atoms with Crippen LogP contribution >= 0.6 is 23.4 Å². The molecule has 8 heteroatoms. The number of likely N-dealkylation sites (tertiary alicyclic amines) is 1. The van der Waals surface area contributed by atoms with Gasteiger partial charge in [0.15, 0.2) is 11.0 Å². The van der Waals surface area contributed by atoms with Crippen molar-refractivity contribution in [2.75, 3.05) is 38.5 Å². The van der Waals surface area contributed by atoms with Gasteiger partial charge in [0.2, 0.25) is 0 Å². The van der Waals surface area contributed by atoms with Crippen LogP contribution in [0.4, 0.5) is 0 Å². The molecule has 5 rings (SSSR count). The molecule has 174 valence electrons. The third-order valence-corrected chi connectivity index (χ3v) is 7.68. The monoisotopic (exact) mass is 483 g/mol. The lowest BCUT2D eigenvalue weighted by atomic mass is 10.2. The number of hydrogen-bond donors (Lipinski definition) is 0. The van der Waals surface area contributed by atoms with Crippen LogP contribution in [-0.2, 0) is 17.8 Å². The predicted molar refractivity (Wildman–Crippen MR) is 133 cm³/mol. The minimum absolute atomic E-state index is 0.147. The number of rotatable bonds is 8. The van der Waals surface area contributed by atoms with Crippen LogP contribution in [0, 0.1) is 0 Å². The highest BCUT2D eigenvalue weighted by Gasteiger charge is 2.24. The molecule has 0 saturated carbocycles. The smallest absolute Gasteiger partial charge is 0.195 e. The summed E-state index contributed by atoms with van der Waals surface area (Å²) in [5.41, 5.74) is 2.28. The van der Waals surface area contributed by atoms with Crippen LogP contribution < -0.4 is 0 Å². The first kappa shape index (κ1) is 22.9. The van der Waals surface area contributed by atoms with Crippen molar-refractivity contribution in [1.82, 2.24) is 24.6 Å². The predicted octanol–water partition coefficient (Wildman–Crippen LogP) is 4.51. The molecule has 1 unspecified atom stereocenters. The zero-order valence-corrected chi connectivity index (χ0v) is 20.3. The van der Waals surface area contributed by atoms with Gasteiger partial charge in [-0.15, -0.1) is 10.2 Å². The SMILES string of the molecule is Clc1ccccc1CN1CCOC(CSc2nnc(CN3CCCC3)n2-c2ccccc2)C1. The number of morpholine rings is 1. The fourth-order valence-electron chi connectivity index (χ4n) is 4.53. The second-order valence-electron chi connectivity index (χ2n) is 8.68. The number of halogens is 1. The van der Waals surface area contributed by atoms with E-state index in [1.54, 1.807) is 11.8 Å². The maximum Gasteiger partial charge on any atom is 0.195 e. The van der Waals surface area contributed by atoms with Gasteiger partial charge < -0.3 is 4.74 Å². The van der Waals surface area contributed by atoms with E-state index in [1.807, 2.05) is 24.3 Å². The summed E-state index contributed by atoms with van der Waals surface area (Å²) in [5.74, 6) is 1.85. The number of benzene rings is 2. The van der Waals surface area contributed by atoms with Crippen LogP contribution in [0.3, 0.4) is 0 Å². The average Bonchev–Trinajstić information content (AvgIpc) is 3.50. The maximum atomic E-state index is 6.38. The molecule has 2 aliphatic heterocycles. The Morgan fingerprint density at radius 1 is 0.909 bits per heavy atom. The quantitative estimate of drug-likeness (QED) is 0.439. The molecule has 0 amide bonds.